The van der Waals surface area contributed by atoms with Crippen LogP contribution in [0.25, 0.3) is 11.0 Å². The van der Waals surface area contributed by atoms with Crippen molar-refractivity contribution in [2.24, 2.45) is 0 Å². The molecule has 0 spiro atoms. The van der Waals surface area contributed by atoms with Gasteiger partial charge in [-0.2, -0.15) is 0 Å². The van der Waals surface area contributed by atoms with Gasteiger partial charge in [0.25, 0.3) is 5.91 Å². The molecule has 3 heterocycles. The van der Waals surface area contributed by atoms with Crippen LogP contribution in [0.5, 0.6) is 0 Å². The number of hydrogen-bond donors (Lipinski definition) is 0. The van der Waals surface area contributed by atoms with Crippen molar-refractivity contribution in [3.05, 3.63) is 104 Å². The van der Waals surface area contributed by atoms with Crippen molar-refractivity contribution >= 4 is 34.3 Å². The summed E-state index contributed by atoms with van der Waals surface area (Å²) < 4.78 is 19.6. The summed E-state index contributed by atoms with van der Waals surface area (Å²) in [6.45, 7) is 1.89. The number of anilines is 1. The van der Waals surface area contributed by atoms with Crippen LogP contribution < -0.4 is 10.3 Å². The highest BCUT2D eigenvalue weighted by molar-refractivity contribution is 6.30. The molecule has 5 nitrogen and oxygen atoms in total. The zero-order valence-electron chi connectivity index (χ0n) is 15.7. The second-order valence-electron chi connectivity index (χ2n) is 7.14. The van der Waals surface area contributed by atoms with Gasteiger partial charge in [0.2, 0.25) is 5.76 Å². The standard InChI is InChI=1S/C23H14ClFN2O3/c1-12-8-9-26-18(10-12)27-20(13-2-4-14(24)5-3-13)19-21(28)16-11-15(25)6-7-17(16)30-22(19)23(27)29/h2-11,20H,1H3. The van der Waals surface area contributed by atoms with Gasteiger partial charge in [-0.05, 0) is 60.5 Å². The third-order valence-corrected chi connectivity index (χ3v) is 5.42. The first-order chi connectivity index (χ1) is 14.4. The Hall–Kier alpha value is -3.51. The van der Waals surface area contributed by atoms with Crippen LogP contribution in [0.2, 0.25) is 5.02 Å². The first kappa shape index (κ1) is 18.5. The number of amides is 1. The number of nitrogens with zero attached hydrogens (tertiary/aromatic N) is 2. The molecule has 30 heavy (non-hydrogen) atoms. The van der Waals surface area contributed by atoms with Gasteiger partial charge in [0.05, 0.1) is 17.0 Å². The van der Waals surface area contributed by atoms with Crippen molar-refractivity contribution in [3.63, 3.8) is 0 Å². The molecule has 148 valence electrons. The number of hydrogen-bond acceptors (Lipinski definition) is 4. The van der Waals surface area contributed by atoms with E-state index in [9.17, 15) is 14.0 Å². The highest BCUT2D eigenvalue weighted by Gasteiger charge is 2.44. The monoisotopic (exact) mass is 420 g/mol. The topological polar surface area (TPSA) is 63.4 Å². The van der Waals surface area contributed by atoms with E-state index in [4.69, 9.17) is 16.0 Å². The average Bonchev–Trinajstić information content (AvgIpc) is 3.02. The summed E-state index contributed by atoms with van der Waals surface area (Å²) in [4.78, 5) is 32.5. The molecule has 1 unspecified atom stereocenters. The van der Waals surface area contributed by atoms with Crippen molar-refractivity contribution in [2.45, 2.75) is 13.0 Å². The molecule has 7 heteroatoms. The second kappa shape index (κ2) is 6.78. The van der Waals surface area contributed by atoms with Crippen LogP contribution >= 0.6 is 11.6 Å². The Morgan fingerprint density at radius 3 is 2.57 bits per heavy atom. The maximum atomic E-state index is 13.8. The van der Waals surface area contributed by atoms with Crippen molar-refractivity contribution < 1.29 is 13.6 Å². The van der Waals surface area contributed by atoms with Crippen LogP contribution in [0, 0.1) is 12.7 Å². The van der Waals surface area contributed by atoms with Crippen LogP contribution in [0.1, 0.15) is 33.3 Å². The smallest absolute Gasteiger partial charge is 0.296 e. The molecule has 1 aliphatic rings. The Labute approximate surface area is 175 Å². The predicted octanol–water partition coefficient (Wildman–Crippen LogP) is 5.04. The summed E-state index contributed by atoms with van der Waals surface area (Å²) in [6, 6.07) is 13.3. The highest BCUT2D eigenvalue weighted by atomic mass is 35.5. The number of pyridine rings is 1. The summed E-state index contributed by atoms with van der Waals surface area (Å²) in [5.41, 5.74) is 1.43. The van der Waals surface area contributed by atoms with Crippen LogP contribution in [-0.4, -0.2) is 10.9 Å². The largest absolute Gasteiger partial charge is 0.450 e. The number of benzene rings is 2. The number of aromatic nitrogens is 1. The molecular weight excluding hydrogens is 407 g/mol. The lowest BCUT2D eigenvalue weighted by molar-refractivity contribution is 0.0970. The van der Waals surface area contributed by atoms with E-state index in [2.05, 4.69) is 4.98 Å². The van der Waals surface area contributed by atoms with Crippen molar-refractivity contribution in [2.75, 3.05) is 4.90 Å². The number of halogens is 2. The number of rotatable bonds is 2. The van der Waals surface area contributed by atoms with Gasteiger partial charge < -0.3 is 4.42 Å². The molecule has 2 aromatic heterocycles. The minimum atomic E-state index is -0.775. The molecule has 0 fully saturated rings. The second-order valence-corrected chi connectivity index (χ2v) is 7.57. The fraction of sp³-hybridized carbons (Fsp3) is 0.0870. The highest BCUT2D eigenvalue weighted by Crippen LogP contribution is 2.40. The summed E-state index contributed by atoms with van der Waals surface area (Å²) in [5.74, 6) is -0.714. The summed E-state index contributed by atoms with van der Waals surface area (Å²) in [5, 5.41) is 0.607. The third kappa shape index (κ3) is 2.80. The molecule has 1 aliphatic heterocycles. The molecule has 4 aromatic rings. The van der Waals surface area contributed by atoms with Crippen LogP contribution in [-0.2, 0) is 0 Å². The van der Waals surface area contributed by atoms with Gasteiger partial charge in [0.15, 0.2) is 5.43 Å². The van der Waals surface area contributed by atoms with E-state index in [1.807, 2.05) is 13.0 Å². The molecule has 0 radical (unpaired) electrons. The van der Waals surface area contributed by atoms with E-state index in [1.165, 1.54) is 17.0 Å². The number of carbonyl (C=O) groups is 1. The molecule has 1 atom stereocenters. The van der Waals surface area contributed by atoms with E-state index >= 15 is 0 Å². The Morgan fingerprint density at radius 2 is 1.83 bits per heavy atom. The van der Waals surface area contributed by atoms with E-state index in [-0.39, 0.29) is 22.3 Å². The first-order valence-corrected chi connectivity index (χ1v) is 9.60. The minimum absolute atomic E-state index is 0.0673. The zero-order valence-corrected chi connectivity index (χ0v) is 16.5. The van der Waals surface area contributed by atoms with E-state index in [0.717, 1.165) is 11.6 Å². The summed E-state index contributed by atoms with van der Waals surface area (Å²) in [6.07, 6.45) is 1.60. The fourth-order valence-corrected chi connectivity index (χ4v) is 3.92. The van der Waals surface area contributed by atoms with Gasteiger partial charge in [0.1, 0.15) is 17.2 Å². The molecule has 0 saturated carbocycles. The van der Waals surface area contributed by atoms with Gasteiger partial charge in [-0.15, -0.1) is 0 Å². The SMILES string of the molecule is Cc1ccnc(N2C(=O)c3oc4ccc(F)cc4c(=O)c3C2c2ccc(Cl)cc2)c1. The van der Waals surface area contributed by atoms with Crippen molar-refractivity contribution in [3.8, 4) is 0 Å². The van der Waals surface area contributed by atoms with Crippen LogP contribution in [0.3, 0.4) is 0 Å². The Bertz CT molecular complexity index is 1380. The summed E-state index contributed by atoms with van der Waals surface area (Å²) in [7, 11) is 0. The Morgan fingerprint density at radius 1 is 1.07 bits per heavy atom. The number of aryl methyl sites for hydroxylation is 1. The molecule has 0 bridgehead atoms. The van der Waals surface area contributed by atoms with Gasteiger partial charge in [-0.3, -0.25) is 14.5 Å². The fourth-order valence-electron chi connectivity index (χ4n) is 3.79. The number of carbonyl (C=O) groups excluding carboxylic acids is 1. The predicted molar refractivity (Wildman–Crippen MR) is 112 cm³/mol. The maximum Gasteiger partial charge on any atom is 0.296 e. The van der Waals surface area contributed by atoms with Crippen LogP contribution in [0.4, 0.5) is 10.2 Å². The molecule has 2 aromatic carbocycles. The average molecular weight is 421 g/mol. The molecule has 0 N–H and O–H groups in total. The summed E-state index contributed by atoms with van der Waals surface area (Å²) >= 11 is 6.03. The quantitative estimate of drug-likeness (QED) is 0.456. The van der Waals surface area contributed by atoms with Crippen molar-refractivity contribution in [1.29, 1.82) is 0 Å². The Balaban J connectivity index is 1.83. The Kier molecular flexibility index (Phi) is 4.18. The normalized spacial score (nSPS) is 15.6. The maximum absolute atomic E-state index is 13.8. The lowest BCUT2D eigenvalue weighted by atomic mass is 9.98. The molecular formula is C23H14ClFN2O3. The van der Waals surface area contributed by atoms with E-state index in [0.29, 0.717) is 16.4 Å². The van der Waals surface area contributed by atoms with Crippen molar-refractivity contribution in [1.82, 2.24) is 4.98 Å². The van der Waals surface area contributed by atoms with Gasteiger partial charge in [-0.25, -0.2) is 9.37 Å². The first-order valence-electron chi connectivity index (χ1n) is 9.22. The number of fused-ring (bicyclic) bond motifs is 2. The molecule has 1 amide bonds. The molecule has 0 saturated heterocycles. The zero-order chi connectivity index (χ0) is 21.0. The van der Waals surface area contributed by atoms with Gasteiger partial charge in [0, 0.05) is 11.2 Å². The molecule has 5 rings (SSSR count). The van der Waals surface area contributed by atoms with E-state index < -0.39 is 23.2 Å². The van der Waals surface area contributed by atoms with Gasteiger partial charge in [-0.1, -0.05) is 23.7 Å². The van der Waals surface area contributed by atoms with Crippen LogP contribution in [0.15, 0.2) is 70.0 Å². The van der Waals surface area contributed by atoms with E-state index in [1.54, 1.807) is 36.5 Å². The minimum Gasteiger partial charge on any atom is -0.450 e. The lowest BCUT2D eigenvalue weighted by Crippen LogP contribution is -2.30. The molecule has 0 aliphatic carbocycles. The van der Waals surface area contributed by atoms with Gasteiger partial charge >= 0.3 is 0 Å². The third-order valence-electron chi connectivity index (χ3n) is 5.17. The lowest BCUT2D eigenvalue weighted by Gasteiger charge is -2.24.